The van der Waals surface area contributed by atoms with Crippen LogP contribution in [0.25, 0.3) is 11.3 Å². The number of amides is 1. The summed E-state index contributed by atoms with van der Waals surface area (Å²) in [5.74, 6) is -0.286. The second kappa shape index (κ2) is 6.92. The first kappa shape index (κ1) is 18.8. The van der Waals surface area contributed by atoms with Gasteiger partial charge in [-0.05, 0) is 51.0 Å². The van der Waals surface area contributed by atoms with E-state index in [1.807, 2.05) is 18.7 Å². The van der Waals surface area contributed by atoms with E-state index in [2.05, 4.69) is 4.90 Å². The lowest BCUT2D eigenvalue weighted by Gasteiger charge is -2.33. The molecule has 6 rings (SSSR count). The average molecular weight is 398 g/mol. The highest BCUT2D eigenvalue weighted by molar-refractivity contribution is 5.80. The molecule has 0 unspecified atom stereocenters. The monoisotopic (exact) mass is 398 g/mol. The van der Waals surface area contributed by atoms with Gasteiger partial charge in [-0.25, -0.2) is 9.18 Å². The van der Waals surface area contributed by atoms with Crippen LogP contribution in [-0.4, -0.2) is 63.4 Å². The second-order valence-electron chi connectivity index (χ2n) is 8.97. The van der Waals surface area contributed by atoms with E-state index in [-0.39, 0.29) is 23.5 Å². The highest BCUT2D eigenvalue weighted by atomic mass is 19.1. The summed E-state index contributed by atoms with van der Waals surface area (Å²) >= 11 is 0. The minimum absolute atomic E-state index is 0.0407. The van der Waals surface area contributed by atoms with E-state index in [4.69, 9.17) is 9.84 Å². The molecule has 154 valence electrons. The summed E-state index contributed by atoms with van der Waals surface area (Å²) in [5.41, 5.74) is 3.03. The van der Waals surface area contributed by atoms with Gasteiger partial charge in [0.15, 0.2) is 0 Å². The van der Waals surface area contributed by atoms with E-state index < -0.39 is 0 Å². The molecule has 1 aromatic carbocycles. The summed E-state index contributed by atoms with van der Waals surface area (Å²) < 4.78 is 21.1. The molecule has 6 nitrogen and oxygen atoms in total. The third kappa shape index (κ3) is 3.36. The summed E-state index contributed by atoms with van der Waals surface area (Å²) in [6.07, 6.45) is 2.66. The highest BCUT2D eigenvalue weighted by Gasteiger charge is 2.37. The number of piperidine rings is 1. The van der Waals surface area contributed by atoms with Crippen molar-refractivity contribution >= 4 is 6.03 Å². The fourth-order valence-electron chi connectivity index (χ4n) is 4.80. The number of aromatic nitrogens is 2. The molecule has 2 bridgehead atoms. The minimum Gasteiger partial charge on any atom is -0.370 e. The quantitative estimate of drug-likeness (QED) is 0.740. The van der Waals surface area contributed by atoms with Crippen LogP contribution < -0.4 is 0 Å². The second-order valence-corrected chi connectivity index (χ2v) is 8.97. The first-order valence-corrected chi connectivity index (χ1v) is 10.5. The van der Waals surface area contributed by atoms with Crippen LogP contribution in [0.5, 0.6) is 0 Å². The SMILES string of the molecule is CC1(C)Cc2c(c(-c3ccc(F)cc3)nn2C(=O)N2CCN3CCC2CC3)CO1. The van der Waals surface area contributed by atoms with Crippen LogP contribution in [0, 0.1) is 5.82 Å². The largest absolute Gasteiger partial charge is 0.370 e. The zero-order chi connectivity index (χ0) is 20.2. The van der Waals surface area contributed by atoms with Gasteiger partial charge in [-0.3, -0.25) is 0 Å². The van der Waals surface area contributed by atoms with E-state index >= 15 is 0 Å². The summed E-state index contributed by atoms with van der Waals surface area (Å²) in [5, 5.41) is 4.75. The molecule has 5 heterocycles. The number of rotatable bonds is 1. The van der Waals surface area contributed by atoms with E-state index in [1.54, 1.807) is 16.8 Å². The lowest BCUT2D eigenvalue weighted by molar-refractivity contribution is -0.0410. The molecule has 3 saturated heterocycles. The molecule has 7 heteroatoms. The van der Waals surface area contributed by atoms with Gasteiger partial charge in [0.1, 0.15) is 5.82 Å². The molecule has 4 aliphatic rings. The number of carbonyl (C=O) groups is 1. The molecule has 0 N–H and O–H groups in total. The molecule has 29 heavy (non-hydrogen) atoms. The standard InChI is InChI=1S/C22H27FN4O2/c1-22(2)13-19-18(14-29-22)20(15-3-5-16(23)6-4-15)24-27(19)21(28)26-12-11-25-9-7-17(26)8-10-25/h3-6,17H,7-14H2,1-2H3. The minimum atomic E-state index is -0.353. The first-order valence-electron chi connectivity index (χ1n) is 10.5. The number of hydrogen-bond donors (Lipinski definition) is 0. The molecule has 0 spiro atoms. The number of fused-ring (bicyclic) bond motifs is 5. The maximum Gasteiger partial charge on any atom is 0.345 e. The van der Waals surface area contributed by atoms with E-state index in [1.165, 1.54) is 12.1 Å². The molecule has 1 amide bonds. The molecule has 2 aromatic rings. The molecule has 0 saturated carbocycles. The number of ether oxygens (including phenoxy) is 1. The Morgan fingerprint density at radius 2 is 1.86 bits per heavy atom. The van der Waals surface area contributed by atoms with Gasteiger partial charge in [0.25, 0.3) is 0 Å². The molecule has 3 fully saturated rings. The van der Waals surface area contributed by atoms with Gasteiger partial charge >= 0.3 is 6.03 Å². The van der Waals surface area contributed by atoms with Gasteiger partial charge in [-0.1, -0.05) is 0 Å². The summed E-state index contributed by atoms with van der Waals surface area (Å²) in [6.45, 7) is 8.27. The number of nitrogens with zero attached hydrogens (tertiary/aromatic N) is 4. The number of benzene rings is 1. The summed E-state index contributed by atoms with van der Waals surface area (Å²) in [7, 11) is 0. The van der Waals surface area contributed by atoms with Crippen LogP contribution in [0.4, 0.5) is 9.18 Å². The van der Waals surface area contributed by atoms with Gasteiger partial charge in [0, 0.05) is 49.8 Å². The van der Waals surface area contributed by atoms with Crippen LogP contribution in [-0.2, 0) is 17.8 Å². The first-order chi connectivity index (χ1) is 13.9. The third-order valence-corrected chi connectivity index (χ3v) is 6.49. The molecule has 0 radical (unpaired) electrons. The van der Waals surface area contributed by atoms with Crippen molar-refractivity contribution in [1.82, 2.24) is 19.6 Å². The van der Waals surface area contributed by atoms with Crippen molar-refractivity contribution in [3.05, 3.63) is 41.3 Å². The van der Waals surface area contributed by atoms with Gasteiger partial charge in [-0.2, -0.15) is 9.78 Å². The van der Waals surface area contributed by atoms with Crippen molar-refractivity contribution in [2.45, 2.75) is 51.4 Å². The number of hydrogen-bond acceptors (Lipinski definition) is 4. The van der Waals surface area contributed by atoms with Crippen LogP contribution in [0.3, 0.4) is 0 Å². The van der Waals surface area contributed by atoms with Crippen molar-refractivity contribution in [2.75, 3.05) is 26.2 Å². The van der Waals surface area contributed by atoms with Gasteiger partial charge in [0.05, 0.1) is 23.6 Å². The lowest BCUT2D eigenvalue weighted by Crippen LogP contribution is -2.45. The fraction of sp³-hybridized carbons (Fsp3) is 0.545. The van der Waals surface area contributed by atoms with Crippen molar-refractivity contribution in [3.8, 4) is 11.3 Å². The molecule has 0 aliphatic carbocycles. The van der Waals surface area contributed by atoms with Crippen molar-refractivity contribution < 1.29 is 13.9 Å². The third-order valence-electron chi connectivity index (χ3n) is 6.49. The zero-order valence-electron chi connectivity index (χ0n) is 17.0. The molecule has 1 aromatic heterocycles. The zero-order valence-corrected chi connectivity index (χ0v) is 17.0. The van der Waals surface area contributed by atoms with Gasteiger partial charge in [-0.15, -0.1) is 0 Å². The van der Waals surface area contributed by atoms with Crippen LogP contribution in [0.1, 0.15) is 37.9 Å². The maximum absolute atomic E-state index is 13.6. The Morgan fingerprint density at radius 1 is 1.14 bits per heavy atom. The normalized spacial score (nSPS) is 25.6. The molecule has 4 aliphatic heterocycles. The summed E-state index contributed by atoms with van der Waals surface area (Å²) in [6, 6.07) is 6.53. The topological polar surface area (TPSA) is 50.6 Å². The van der Waals surface area contributed by atoms with Crippen LogP contribution in [0.15, 0.2) is 24.3 Å². The predicted octanol–water partition coefficient (Wildman–Crippen LogP) is 3.29. The Labute approximate surface area is 170 Å². The Kier molecular flexibility index (Phi) is 4.47. The Morgan fingerprint density at radius 3 is 2.59 bits per heavy atom. The van der Waals surface area contributed by atoms with Crippen molar-refractivity contribution in [1.29, 1.82) is 0 Å². The Hall–Kier alpha value is -2.25. The summed E-state index contributed by atoms with van der Waals surface area (Å²) in [4.78, 5) is 18.1. The van der Waals surface area contributed by atoms with Crippen LogP contribution >= 0.6 is 0 Å². The van der Waals surface area contributed by atoms with Crippen molar-refractivity contribution in [2.24, 2.45) is 0 Å². The van der Waals surface area contributed by atoms with E-state index in [9.17, 15) is 9.18 Å². The predicted molar refractivity (Wildman–Crippen MR) is 107 cm³/mol. The number of halogens is 1. The maximum atomic E-state index is 13.6. The Bertz CT molecular complexity index is 929. The van der Waals surface area contributed by atoms with Crippen molar-refractivity contribution in [3.63, 3.8) is 0 Å². The van der Waals surface area contributed by atoms with Crippen LogP contribution in [0.2, 0.25) is 0 Å². The van der Waals surface area contributed by atoms with Gasteiger partial charge in [0.2, 0.25) is 0 Å². The van der Waals surface area contributed by atoms with E-state index in [0.29, 0.717) is 18.7 Å². The smallest absolute Gasteiger partial charge is 0.345 e. The molecular weight excluding hydrogens is 371 g/mol. The molecular formula is C22H27FN4O2. The highest BCUT2D eigenvalue weighted by Crippen LogP contribution is 2.35. The Balaban J connectivity index is 1.57. The fourth-order valence-corrected chi connectivity index (χ4v) is 4.80. The van der Waals surface area contributed by atoms with Gasteiger partial charge < -0.3 is 14.5 Å². The molecule has 0 atom stereocenters. The number of carbonyl (C=O) groups excluding carboxylic acids is 1. The van der Waals surface area contributed by atoms with E-state index in [0.717, 1.165) is 55.8 Å². The lowest BCUT2D eigenvalue weighted by atomic mass is 9.94. The average Bonchev–Trinajstić information content (AvgIpc) is 2.83.